The minimum atomic E-state index is 0.102. The molecule has 16 heavy (non-hydrogen) atoms. The molecular formula is C13H21NO2. The van der Waals surface area contributed by atoms with Crippen molar-refractivity contribution in [2.75, 3.05) is 6.54 Å². The van der Waals surface area contributed by atoms with E-state index in [1.54, 1.807) is 11.8 Å². The molecule has 3 nitrogen and oxygen atoms in total. The largest absolute Gasteiger partial charge is 0.317 e. The van der Waals surface area contributed by atoms with E-state index in [0.29, 0.717) is 6.42 Å². The van der Waals surface area contributed by atoms with E-state index in [1.165, 1.54) is 0 Å². The Kier molecular flexibility index (Phi) is 4.71. The zero-order valence-corrected chi connectivity index (χ0v) is 10.3. The summed E-state index contributed by atoms with van der Waals surface area (Å²) in [7, 11) is 0. The summed E-state index contributed by atoms with van der Waals surface area (Å²) in [6.45, 7) is 8.24. The van der Waals surface area contributed by atoms with E-state index in [-0.39, 0.29) is 17.6 Å². The molecule has 1 aliphatic rings. The predicted molar refractivity (Wildman–Crippen MR) is 63.8 cm³/mol. The summed E-state index contributed by atoms with van der Waals surface area (Å²) in [5.74, 6) is 0.552. The first-order valence-electron chi connectivity index (χ1n) is 6.01. The van der Waals surface area contributed by atoms with Gasteiger partial charge in [-0.3, -0.25) is 4.79 Å². The van der Waals surface area contributed by atoms with Crippen LogP contribution in [0.3, 0.4) is 0 Å². The van der Waals surface area contributed by atoms with Crippen molar-refractivity contribution in [2.45, 2.75) is 46.0 Å². The lowest BCUT2D eigenvalue weighted by Crippen LogP contribution is -2.26. The third-order valence-corrected chi connectivity index (χ3v) is 3.02. The molecule has 90 valence electrons. The third kappa shape index (κ3) is 3.47. The van der Waals surface area contributed by atoms with Crippen LogP contribution in [0.5, 0.6) is 0 Å². The van der Waals surface area contributed by atoms with Gasteiger partial charge in [0.1, 0.15) is 5.78 Å². The summed E-state index contributed by atoms with van der Waals surface area (Å²) in [6, 6.07) is 0. The van der Waals surface area contributed by atoms with Crippen molar-refractivity contribution >= 4 is 11.7 Å². The average Bonchev–Trinajstić information content (AvgIpc) is 2.43. The number of carbonyl (C=O) groups is 2. The molecule has 0 N–H and O–H groups in total. The van der Waals surface area contributed by atoms with Crippen LogP contribution in [0.2, 0.25) is 0 Å². The number of likely N-dealkylation sites (tertiary alicyclic amines) is 1. The van der Waals surface area contributed by atoms with Crippen LogP contribution in [-0.4, -0.2) is 23.1 Å². The molecule has 0 aromatic carbocycles. The summed E-state index contributed by atoms with van der Waals surface area (Å²) in [5.41, 5.74) is 0.948. The molecule has 0 aromatic rings. The van der Waals surface area contributed by atoms with Gasteiger partial charge in [-0.2, -0.15) is 0 Å². The van der Waals surface area contributed by atoms with Gasteiger partial charge in [0.2, 0.25) is 5.91 Å². The molecule has 1 unspecified atom stereocenters. The summed E-state index contributed by atoms with van der Waals surface area (Å²) < 4.78 is 0. The maximum Gasteiger partial charge on any atom is 0.229 e. The van der Waals surface area contributed by atoms with E-state index in [1.807, 2.05) is 6.92 Å². The Hall–Kier alpha value is -1.12. The molecule has 0 aliphatic carbocycles. The Balaban J connectivity index is 2.20. The Labute approximate surface area is 97.5 Å². The molecule has 1 aliphatic heterocycles. The van der Waals surface area contributed by atoms with Crippen molar-refractivity contribution in [2.24, 2.45) is 5.92 Å². The molecule has 1 saturated heterocycles. The summed E-state index contributed by atoms with van der Waals surface area (Å²) >= 11 is 0. The Morgan fingerprint density at radius 3 is 2.62 bits per heavy atom. The van der Waals surface area contributed by atoms with Crippen molar-refractivity contribution in [1.82, 2.24) is 4.90 Å². The number of nitrogens with zero attached hydrogens (tertiary/aromatic N) is 1. The van der Waals surface area contributed by atoms with Crippen molar-refractivity contribution in [3.05, 3.63) is 12.3 Å². The molecule has 1 heterocycles. The first-order chi connectivity index (χ1) is 7.52. The van der Waals surface area contributed by atoms with Crippen LogP contribution in [0.4, 0.5) is 0 Å². The number of hydrogen-bond acceptors (Lipinski definition) is 2. The van der Waals surface area contributed by atoms with Crippen LogP contribution in [-0.2, 0) is 9.59 Å². The SMILES string of the molecule is C=C1CC(C)C(=O)N1CCCCCC(C)=O. The third-order valence-electron chi connectivity index (χ3n) is 3.02. The number of rotatable bonds is 6. The fourth-order valence-corrected chi connectivity index (χ4v) is 2.06. The van der Waals surface area contributed by atoms with Crippen LogP contribution < -0.4 is 0 Å². The second-order valence-electron chi connectivity index (χ2n) is 4.67. The van der Waals surface area contributed by atoms with Crippen molar-refractivity contribution in [3.63, 3.8) is 0 Å². The predicted octanol–water partition coefficient (Wildman–Crippen LogP) is 2.52. The molecule has 0 radical (unpaired) electrons. The van der Waals surface area contributed by atoms with Gasteiger partial charge in [0.15, 0.2) is 0 Å². The number of amides is 1. The minimum absolute atomic E-state index is 0.102. The second kappa shape index (κ2) is 5.83. The maximum absolute atomic E-state index is 11.7. The van der Waals surface area contributed by atoms with Gasteiger partial charge in [-0.1, -0.05) is 19.9 Å². The Morgan fingerprint density at radius 1 is 1.44 bits per heavy atom. The van der Waals surface area contributed by atoms with Crippen molar-refractivity contribution < 1.29 is 9.59 Å². The number of carbonyl (C=O) groups excluding carboxylic acids is 2. The highest BCUT2D eigenvalue weighted by molar-refractivity contribution is 5.83. The minimum Gasteiger partial charge on any atom is -0.317 e. The fourth-order valence-electron chi connectivity index (χ4n) is 2.06. The Morgan fingerprint density at radius 2 is 2.12 bits per heavy atom. The van der Waals surface area contributed by atoms with E-state index in [4.69, 9.17) is 0 Å². The molecule has 1 atom stereocenters. The van der Waals surface area contributed by atoms with Crippen molar-refractivity contribution in [1.29, 1.82) is 0 Å². The second-order valence-corrected chi connectivity index (χ2v) is 4.67. The monoisotopic (exact) mass is 223 g/mol. The normalized spacial score (nSPS) is 20.6. The molecule has 1 fully saturated rings. The quantitative estimate of drug-likeness (QED) is 0.649. The summed E-state index contributed by atoms with van der Waals surface area (Å²) in [4.78, 5) is 24.2. The van der Waals surface area contributed by atoms with Crippen LogP contribution in [0.25, 0.3) is 0 Å². The summed E-state index contributed by atoms with van der Waals surface area (Å²) in [6.07, 6.45) is 4.35. The number of Topliss-reactive ketones (excluding diaryl/α,β-unsaturated/α-hetero) is 1. The van der Waals surface area contributed by atoms with Crippen LogP contribution in [0.1, 0.15) is 46.0 Å². The average molecular weight is 223 g/mol. The maximum atomic E-state index is 11.7. The Bertz CT molecular complexity index is 296. The van der Waals surface area contributed by atoms with E-state index >= 15 is 0 Å². The van der Waals surface area contributed by atoms with Crippen LogP contribution >= 0.6 is 0 Å². The zero-order chi connectivity index (χ0) is 12.1. The molecule has 3 heteroatoms. The number of hydrogen-bond donors (Lipinski definition) is 0. The lowest BCUT2D eigenvalue weighted by atomic mass is 10.1. The molecule has 0 spiro atoms. The van der Waals surface area contributed by atoms with Gasteiger partial charge in [-0.15, -0.1) is 0 Å². The first-order valence-corrected chi connectivity index (χ1v) is 6.01. The summed E-state index contributed by atoms with van der Waals surface area (Å²) in [5, 5.41) is 0. The van der Waals surface area contributed by atoms with Gasteiger partial charge in [0, 0.05) is 24.6 Å². The topological polar surface area (TPSA) is 37.4 Å². The van der Waals surface area contributed by atoms with Crippen LogP contribution in [0.15, 0.2) is 12.3 Å². The van der Waals surface area contributed by atoms with E-state index in [9.17, 15) is 9.59 Å². The zero-order valence-electron chi connectivity index (χ0n) is 10.3. The van der Waals surface area contributed by atoms with Gasteiger partial charge in [0.05, 0.1) is 0 Å². The van der Waals surface area contributed by atoms with Crippen LogP contribution in [0, 0.1) is 5.92 Å². The number of allylic oxidation sites excluding steroid dienone is 1. The van der Waals surface area contributed by atoms with E-state index in [0.717, 1.165) is 37.9 Å². The first kappa shape index (κ1) is 12.9. The molecule has 0 bridgehead atoms. The highest BCUT2D eigenvalue weighted by Gasteiger charge is 2.30. The van der Waals surface area contributed by atoms with Gasteiger partial charge in [-0.25, -0.2) is 0 Å². The van der Waals surface area contributed by atoms with Crippen molar-refractivity contribution in [3.8, 4) is 0 Å². The molecular weight excluding hydrogens is 202 g/mol. The smallest absolute Gasteiger partial charge is 0.229 e. The standard InChI is InChI=1S/C13H21NO2/c1-10-9-11(2)14(13(10)16)8-6-4-5-7-12(3)15/h10H,2,4-9H2,1,3H3. The molecule has 0 saturated carbocycles. The van der Waals surface area contributed by atoms with Gasteiger partial charge in [0.25, 0.3) is 0 Å². The van der Waals surface area contributed by atoms with E-state index < -0.39 is 0 Å². The number of unbranched alkanes of at least 4 members (excludes halogenated alkanes) is 2. The van der Waals surface area contributed by atoms with Gasteiger partial charge in [-0.05, 0) is 26.2 Å². The lowest BCUT2D eigenvalue weighted by Gasteiger charge is -2.17. The lowest BCUT2D eigenvalue weighted by molar-refractivity contribution is -0.129. The highest BCUT2D eigenvalue weighted by Crippen LogP contribution is 2.26. The van der Waals surface area contributed by atoms with E-state index in [2.05, 4.69) is 6.58 Å². The van der Waals surface area contributed by atoms with Gasteiger partial charge < -0.3 is 9.69 Å². The molecule has 1 rings (SSSR count). The van der Waals surface area contributed by atoms with Gasteiger partial charge >= 0.3 is 0 Å². The number of ketones is 1. The molecule has 1 amide bonds. The fraction of sp³-hybridized carbons (Fsp3) is 0.692. The molecule has 0 aromatic heterocycles. The highest BCUT2D eigenvalue weighted by atomic mass is 16.2.